The van der Waals surface area contributed by atoms with Crippen LogP contribution in [0.25, 0.3) is 75.6 Å². The van der Waals surface area contributed by atoms with Gasteiger partial charge in [0.25, 0.3) is 0 Å². The first-order chi connectivity index (χ1) is 19.3. The number of para-hydroxylation sites is 1. The molecule has 8 rings (SSSR count). The highest BCUT2D eigenvalue weighted by atomic mass is 32.1. The van der Waals surface area contributed by atoms with E-state index in [2.05, 4.69) is 96.0 Å². The van der Waals surface area contributed by atoms with Crippen molar-refractivity contribution in [3.63, 3.8) is 0 Å². The van der Waals surface area contributed by atoms with Gasteiger partial charge < -0.3 is 0 Å². The lowest BCUT2D eigenvalue weighted by Gasteiger charge is -2.12. The monoisotopic (exact) mass is 515 g/mol. The van der Waals surface area contributed by atoms with E-state index < -0.39 is 0 Å². The van der Waals surface area contributed by atoms with Crippen LogP contribution in [0.1, 0.15) is 0 Å². The summed E-state index contributed by atoms with van der Waals surface area (Å²) in [6.45, 7) is 0. The van der Waals surface area contributed by atoms with Crippen molar-refractivity contribution in [1.82, 2.24) is 15.0 Å². The Morgan fingerprint density at radius 3 is 2.08 bits per heavy atom. The van der Waals surface area contributed by atoms with Crippen molar-refractivity contribution >= 4 is 53.2 Å². The van der Waals surface area contributed by atoms with Gasteiger partial charge in [-0.1, -0.05) is 78.9 Å². The van der Waals surface area contributed by atoms with Crippen molar-refractivity contribution in [1.29, 1.82) is 0 Å². The summed E-state index contributed by atoms with van der Waals surface area (Å²) in [5.41, 5.74) is 7.05. The third-order valence-electron chi connectivity index (χ3n) is 7.37. The Bertz CT molecular complexity index is 2160. The van der Waals surface area contributed by atoms with Crippen LogP contribution in [-0.2, 0) is 0 Å². The zero-order valence-corrected chi connectivity index (χ0v) is 21.7. The molecular formula is C35H21N3S. The highest BCUT2D eigenvalue weighted by Gasteiger charge is 2.16. The Kier molecular flexibility index (Phi) is 5.00. The number of rotatable bonds is 3. The maximum absolute atomic E-state index is 5.17. The van der Waals surface area contributed by atoms with Crippen LogP contribution in [0, 0.1) is 0 Å². The molecule has 4 heteroatoms. The van der Waals surface area contributed by atoms with E-state index in [0.29, 0.717) is 0 Å². The molecule has 39 heavy (non-hydrogen) atoms. The van der Waals surface area contributed by atoms with E-state index in [1.54, 1.807) is 6.20 Å². The molecular weight excluding hydrogens is 494 g/mol. The summed E-state index contributed by atoms with van der Waals surface area (Å²) in [5.74, 6) is 0. The fourth-order valence-corrected chi connectivity index (χ4v) is 6.77. The van der Waals surface area contributed by atoms with Crippen LogP contribution in [0.4, 0.5) is 0 Å². The first kappa shape index (κ1) is 22.1. The average molecular weight is 516 g/mol. The molecule has 0 bridgehead atoms. The summed E-state index contributed by atoms with van der Waals surface area (Å²) in [4.78, 5) is 14.3. The van der Waals surface area contributed by atoms with E-state index in [1.807, 2.05) is 41.8 Å². The fourth-order valence-electron chi connectivity index (χ4n) is 5.51. The van der Waals surface area contributed by atoms with Gasteiger partial charge in [-0.2, -0.15) is 0 Å². The summed E-state index contributed by atoms with van der Waals surface area (Å²) in [7, 11) is 0. The number of pyridine rings is 3. The van der Waals surface area contributed by atoms with Crippen molar-refractivity contribution in [3.8, 4) is 33.8 Å². The Hall–Kier alpha value is -4.93. The molecule has 0 fully saturated rings. The summed E-state index contributed by atoms with van der Waals surface area (Å²) in [6.07, 6.45) is 3.63. The predicted molar refractivity (Wildman–Crippen MR) is 164 cm³/mol. The summed E-state index contributed by atoms with van der Waals surface area (Å²) >= 11 is 1.87. The average Bonchev–Trinajstić information content (AvgIpc) is 3.40. The van der Waals surface area contributed by atoms with E-state index >= 15 is 0 Å². The third kappa shape index (κ3) is 3.61. The first-order valence-corrected chi connectivity index (χ1v) is 13.8. The van der Waals surface area contributed by atoms with Crippen molar-refractivity contribution < 1.29 is 0 Å². The number of aromatic nitrogens is 3. The van der Waals surface area contributed by atoms with Crippen LogP contribution >= 0.6 is 11.3 Å². The Morgan fingerprint density at radius 2 is 1.23 bits per heavy atom. The lowest BCUT2D eigenvalue weighted by molar-refractivity contribution is 1.28. The minimum Gasteiger partial charge on any atom is -0.264 e. The SMILES string of the molecule is c1cncc(-c2cccc(-c3ccc(-c4nc5ccccc5c5c4ccc4c6ccccc6sc45)cc3)n2)c1. The molecule has 0 saturated heterocycles. The van der Waals surface area contributed by atoms with Crippen molar-refractivity contribution in [2.24, 2.45) is 0 Å². The number of nitrogens with zero attached hydrogens (tertiary/aromatic N) is 3. The van der Waals surface area contributed by atoms with Crippen LogP contribution in [0.15, 0.2) is 128 Å². The molecule has 0 saturated carbocycles. The fraction of sp³-hybridized carbons (Fsp3) is 0. The van der Waals surface area contributed by atoms with E-state index in [1.165, 1.54) is 36.3 Å². The number of fused-ring (bicyclic) bond motifs is 7. The van der Waals surface area contributed by atoms with Gasteiger partial charge in [-0.05, 0) is 36.4 Å². The van der Waals surface area contributed by atoms with E-state index in [9.17, 15) is 0 Å². The van der Waals surface area contributed by atoms with Crippen molar-refractivity contribution in [2.75, 3.05) is 0 Å². The highest BCUT2D eigenvalue weighted by Crippen LogP contribution is 2.43. The van der Waals surface area contributed by atoms with Crippen LogP contribution in [0.3, 0.4) is 0 Å². The van der Waals surface area contributed by atoms with E-state index in [4.69, 9.17) is 9.97 Å². The maximum atomic E-state index is 5.17. The molecule has 0 spiro atoms. The lowest BCUT2D eigenvalue weighted by Crippen LogP contribution is -1.91. The van der Waals surface area contributed by atoms with E-state index in [-0.39, 0.29) is 0 Å². The normalized spacial score (nSPS) is 11.6. The predicted octanol–water partition coefficient (Wildman–Crippen LogP) is 9.55. The molecule has 8 aromatic rings. The molecule has 0 N–H and O–H groups in total. The molecule has 0 radical (unpaired) electrons. The van der Waals surface area contributed by atoms with Gasteiger partial charge in [0.15, 0.2) is 0 Å². The zero-order valence-electron chi connectivity index (χ0n) is 20.9. The molecule has 3 nitrogen and oxygen atoms in total. The first-order valence-electron chi connectivity index (χ1n) is 12.9. The second-order valence-electron chi connectivity index (χ2n) is 9.67. The molecule has 4 aromatic heterocycles. The topological polar surface area (TPSA) is 38.7 Å². The summed E-state index contributed by atoms with van der Waals surface area (Å²) in [5, 5.41) is 6.27. The molecule has 0 amide bonds. The van der Waals surface area contributed by atoms with E-state index in [0.717, 1.165) is 39.3 Å². The lowest BCUT2D eigenvalue weighted by atomic mass is 9.97. The molecule has 182 valence electrons. The standard InChI is InChI=1S/C35H21N3S/c1-3-10-31-27(9-1)33-28(19-18-26-25-8-2-4-13-32(25)39-35(26)33)34(38-31)23-16-14-22(15-17-23)29-11-5-12-30(37-29)24-7-6-20-36-21-24/h1-21H. The van der Waals surface area contributed by atoms with Gasteiger partial charge in [0.1, 0.15) is 0 Å². The summed E-state index contributed by atoms with van der Waals surface area (Å²) < 4.78 is 2.63. The number of thiophene rings is 1. The molecule has 0 aliphatic rings. The quantitative estimate of drug-likeness (QED) is 0.220. The van der Waals surface area contributed by atoms with Crippen LogP contribution in [-0.4, -0.2) is 15.0 Å². The van der Waals surface area contributed by atoms with Gasteiger partial charge in [-0.25, -0.2) is 9.97 Å². The Morgan fingerprint density at radius 1 is 0.487 bits per heavy atom. The highest BCUT2D eigenvalue weighted by molar-refractivity contribution is 7.26. The zero-order chi connectivity index (χ0) is 25.8. The van der Waals surface area contributed by atoms with Gasteiger partial charge >= 0.3 is 0 Å². The smallest absolute Gasteiger partial charge is 0.0788 e. The summed E-state index contributed by atoms with van der Waals surface area (Å²) in [6, 6.07) is 40.4. The molecule has 4 heterocycles. The minimum absolute atomic E-state index is 0.916. The third-order valence-corrected chi connectivity index (χ3v) is 8.57. The molecule has 0 unspecified atom stereocenters. The van der Waals surface area contributed by atoms with Crippen LogP contribution < -0.4 is 0 Å². The second kappa shape index (κ2) is 8.83. The van der Waals surface area contributed by atoms with Crippen LogP contribution in [0.5, 0.6) is 0 Å². The second-order valence-corrected chi connectivity index (χ2v) is 10.7. The van der Waals surface area contributed by atoms with Gasteiger partial charge in [-0.3, -0.25) is 4.98 Å². The molecule has 0 aliphatic heterocycles. The van der Waals surface area contributed by atoms with Crippen molar-refractivity contribution in [2.45, 2.75) is 0 Å². The number of benzene rings is 4. The van der Waals surface area contributed by atoms with Crippen LogP contribution in [0.2, 0.25) is 0 Å². The minimum atomic E-state index is 0.916. The largest absolute Gasteiger partial charge is 0.264 e. The Balaban J connectivity index is 1.30. The number of hydrogen-bond acceptors (Lipinski definition) is 4. The molecule has 0 aliphatic carbocycles. The van der Waals surface area contributed by atoms with Crippen molar-refractivity contribution in [3.05, 3.63) is 128 Å². The van der Waals surface area contributed by atoms with Gasteiger partial charge in [0, 0.05) is 65.4 Å². The van der Waals surface area contributed by atoms with Gasteiger partial charge in [0.2, 0.25) is 0 Å². The Labute approximate surface area is 229 Å². The molecule has 4 aromatic carbocycles. The maximum Gasteiger partial charge on any atom is 0.0788 e. The molecule has 0 atom stereocenters. The van der Waals surface area contributed by atoms with Gasteiger partial charge in [0.05, 0.1) is 22.6 Å². The van der Waals surface area contributed by atoms with Gasteiger partial charge in [-0.15, -0.1) is 11.3 Å². The number of hydrogen-bond donors (Lipinski definition) is 0.